The second kappa shape index (κ2) is 5.98. The van der Waals surface area contributed by atoms with Crippen molar-refractivity contribution in [1.82, 2.24) is 19.7 Å². The van der Waals surface area contributed by atoms with E-state index in [-0.39, 0.29) is 0 Å². The Morgan fingerprint density at radius 2 is 2.36 bits per heavy atom. The average Bonchev–Trinajstić information content (AvgIpc) is 2.54. The highest BCUT2D eigenvalue weighted by atomic mass is 35.5. The molecule has 0 aliphatic carbocycles. The van der Waals surface area contributed by atoms with E-state index in [4.69, 9.17) is 11.6 Å². The molecule has 0 fully saturated rings. The third-order valence-corrected chi connectivity index (χ3v) is 2.18. The van der Waals surface area contributed by atoms with Gasteiger partial charge in [0.25, 0.3) is 0 Å². The van der Waals surface area contributed by atoms with Gasteiger partial charge in [0.05, 0.1) is 6.54 Å². The van der Waals surface area contributed by atoms with Gasteiger partial charge in [0, 0.05) is 19.0 Å². The molecule has 0 unspecified atom stereocenters. The van der Waals surface area contributed by atoms with Crippen molar-refractivity contribution in [3.63, 3.8) is 0 Å². The van der Waals surface area contributed by atoms with Crippen LogP contribution < -0.4 is 0 Å². The summed E-state index contributed by atoms with van der Waals surface area (Å²) in [5, 5.41) is 4.17. The predicted octanol–water partition coefficient (Wildman–Crippen LogP) is 1.36. The van der Waals surface area contributed by atoms with E-state index >= 15 is 0 Å². The molecule has 0 spiro atoms. The molecule has 0 saturated carbocycles. The van der Waals surface area contributed by atoms with Crippen LogP contribution in [0, 0.1) is 0 Å². The molecule has 0 atom stereocenters. The van der Waals surface area contributed by atoms with Gasteiger partial charge in [0.1, 0.15) is 12.2 Å². The first-order chi connectivity index (χ1) is 6.77. The maximum atomic E-state index is 5.65. The predicted molar refractivity (Wildman–Crippen MR) is 57.4 cm³/mol. The molecular formula is C9H17ClN4. The van der Waals surface area contributed by atoms with E-state index in [1.165, 1.54) is 0 Å². The van der Waals surface area contributed by atoms with E-state index < -0.39 is 0 Å². The van der Waals surface area contributed by atoms with Gasteiger partial charge in [-0.1, -0.05) is 6.92 Å². The lowest BCUT2D eigenvalue weighted by Crippen LogP contribution is -2.22. The summed E-state index contributed by atoms with van der Waals surface area (Å²) >= 11 is 5.65. The monoisotopic (exact) mass is 216 g/mol. The van der Waals surface area contributed by atoms with Crippen molar-refractivity contribution in [2.45, 2.75) is 26.4 Å². The Hall–Kier alpha value is -0.610. The van der Waals surface area contributed by atoms with Gasteiger partial charge in [0.15, 0.2) is 0 Å². The van der Waals surface area contributed by atoms with Crippen molar-refractivity contribution in [3.05, 3.63) is 12.2 Å². The Morgan fingerprint density at radius 1 is 1.57 bits per heavy atom. The number of aryl methyl sites for hydroxylation is 1. The molecule has 14 heavy (non-hydrogen) atoms. The Balaban J connectivity index is 2.52. The number of nitrogens with zero attached hydrogens (tertiary/aromatic N) is 4. The van der Waals surface area contributed by atoms with Gasteiger partial charge in [-0.2, -0.15) is 5.10 Å². The van der Waals surface area contributed by atoms with Crippen LogP contribution in [0.4, 0.5) is 0 Å². The van der Waals surface area contributed by atoms with Gasteiger partial charge in [-0.25, -0.2) is 9.67 Å². The Bertz CT molecular complexity index is 261. The largest absolute Gasteiger partial charge is 0.298 e. The molecule has 0 aliphatic heterocycles. The molecule has 1 heterocycles. The zero-order valence-electron chi connectivity index (χ0n) is 8.78. The molecule has 1 aromatic heterocycles. The summed E-state index contributed by atoms with van der Waals surface area (Å²) in [6.45, 7) is 4.76. The summed E-state index contributed by atoms with van der Waals surface area (Å²) in [4.78, 5) is 6.37. The molecule has 0 radical (unpaired) electrons. The second-order valence-electron chi connectivity index (χ2n) is 3.33. The SMILES string of the molecule is CCCn1ncnc1CN(C)CCCl. The van der Waals surface area contributed by atoms with Crippen LogP contribution in [-0.4, -0.2) is 39.1 Å². The van der Waals surface area contributed by atoms with Crippen LogP contribution in [0.5, 0.6) is 0 Å². The van der Waals surface area contributed by atoms with Gasteiger partial charge < -0.3 is 0 Å². The molecule has 0 saturated heterocycles. The molecule has 1 rings (SSSR count). The third-order valence-electron chi connectivity index (χ3n) is 2.01. The topological polar surface area (TPSA) is 34.0 Å². The van der Waals surface area contributed by atoms with Crippen LogP contribution >= 0.6 is 11.6 Å². The van der Waals surface area contributed by atoms with Crippen molar-refractivity contribution < 1.29 is 0 Å². The van der Waals surface area contributed by atoms with Crippen LogP contribution in [0.25, 0.3) is 0 Å². The Morgan fingerprint density at radius 3 is 3.00 bits per heavy atom. The number of rotatable bonds is 6. The molecule has 0 N–H and O–H groups in total. The second-order valence-corrected chi connectivity index (χ2v) is 3.70. The zero-order valence-corrected chi connectivity index (χ0v) is 9.54. The standard InChI is InChI=1S/C9H17ClN4/c1-3-5-14-9(11-8-12-14)7-13(2)6-4-10/h8H,3-7H2,1-2H3. The van der Waals surface area contributed by atoms with Crippen LogP contribution in [-0.2, 0) is 13.1 Å². The Labute approximate surface area is 89.9 Å². The van der Waals surface area contributed by atoms with Gasteiger partial charge in [0.2, 0.25) is 0 Å². The first kappa shape index (κ1) is 11.5. The summed E-state index contributed by atoms with van der Waals surface area (Å²) in [7, 11) is 2.04. The summed E-state index contributed by atoms with van der Waals surface area (Å²) in [5.74, 6) is 1.66. The maximum absolute atomic E-state index is 5.65. The minimum Gasteiger partial charge on any atom is -0.298 e. The van der Waals surface area contributed by atoms with Gasteiger partial charge >= 0.3 is 0 Å². The fourth-order valence-corrected chi connectivity index (χ4v) is 1.56. The zero-order chi connectivity index (χ0) is 10.4. The van der Waals surface area contributed by atoms with Crippen LogP contribution in [0.1, 0.15) is 19.2 Å². The molecule has 0 aliphatic rings. The van der Waals surface area contributed by atoms with Gasteiger partial charge in [-0.05, 0) is 13.5 Å². The van der Waals surface area contributed by atoms with E-state index in [9.17, 15) is 0 Å². The lowest BCUT2D eigenvalue weighted by Gasteiger charge is -2.14. The minimum absolute atomic E-state index is 0.651. The van der Waals surface area contributed by atoms with Crippen molar-refractivity contribution in [3.8, 4) is 0 Å². The first-order valence-corrected chi connectivity index (χ1v) is 5.42. The molecule has 0 amide bonds. The maximum Gasteiger partial charge on any atom is 0.140 e. The summed E-state index contributed by atoms with van der Waals surface area (Å²) in [5.41, 5.74) is 0. The smallest absolute Gasteiger partial charge is 0.140 e. The molecular weight excluding hydrogens is 200 g/mol. The van der Waals surface area contributed by atoms with E-state index in [2.05, 4.69) is 21.9 Å². The Kier molecular flexibility index (Phi) is 4.90. The highest BCUT2D eigenvalue weighted by molar-refractivity contribution is 6.18. The quantitative estimate of drug-likeness (QED) is 0.674. The van der Waals surface area contributed by atoms with Crippen LogP contribution in [0.3, 0.4) is 0 Å². The number of hydrogen-bond donors (Lipinski definition) is 0. The van der Waals surface area contributed by atoms with E-state index in [1.54, 1.807) is 6.33 Å². The van der Waals surface area contributed by atoms with E-state index in [1.807, 2.05) is 11.7 Å². The fraction of sp³-hybridized carbons (Fsp3) is 0.778. The molecule has 0 aromatic carbocycles. The highest BCUT2D eigenvalue weighted by Crippen LogP contribution is 2.00. The summed E-state index contributed by atoms with van der Waals surface area (Å²) in [6.07, 6.45) is 2.69. The summed E-state index contributed by atoms with van der Waals surface area (Å²) < 4.78 is 1.95. The minimum atomic E-state index is 0.651. The first-order valence-electron chi connectivity index (χ1n) is 4.89. The molecule has 4 nitrogen and oxygen atoms in total. The van der Waals surface area contributed by atoms with E-state index in [0.717, 1.165) is 31.9 Å². The summed E-state index contributed by atoms with van der Waals surface area (Å²) in [6, 6.07) is 0. The fourth-order valence-electron chi connectivity index (χ4n) is 1.27. The van der Waals surface area contributed by atoms with Crippen LogP contribution in [0.2, 0.25) is 0 Å². The van der Waals surface area contributed by atoms with Crippen molar-refractivity contribution in [2.24, 2.45) is 0 Å². The normalized spacial score (nSPS) is 11.1. The van der Waals surface area contributed by atoms with Gasteiger partial charge in [-0.3, -0.25) is 4.90 Å². The molecule has 5 heteroatoms. The van der Waals surface area contributed by atoms with Crippen LogP contribution in [0.15, 0.2) is 6.33 Å². The highest BCUT2D eigenvalue weighted by Gasteiger charge is 2.06. The third kappa shape index (κ3) is 3.27. The molecule has 80 valence electrons. The number of alkyl halides is 1. The number of aromatic nitrogens is 3. The van der Waals surface area contributed by atoms with Crippen molar-refractivity contribution in [1.29, 1.82) is 0 Å². The lowest BCUT2D eigenvalue weighted by molar-refractivity contribution is 0.328. The number of hydrogen-bond acceptors (Lipinski definition) is 3. The van der Waals surface area contributed by atoms with Crippen molar-refractivity contribution >= 4 is 11.6 Å². The van der Waals surface area contributed by atoms with Crippen molar-refractivity contribution in [2.75, 3.05) is 19.5 Å². The average molecular weight is 217 g/mol. The molecule has 1 aromatic rings. The number of halogens is 1. The lowest BCUT2D eigenvalue weighted by atomic mass is 10.4. The molecule has 0 bridgehead atoms. The van der Waals surface area contributed by atoms with E-state index in [0.29, 0.717) is 5.88 Å². The van der Waals surface area contributed by atoms with Gasteiger partial charge in [-0.15, -0.1) is 11.6 Å².